The van der Waals surface area contributed by atoms with E-state index in [0.29, 0.717) is 0 Å². The van der Waals surface area contributed by atoms with Crippen molar-refractivity contribution in [2.24, 2.45) is 0 Å². The molecule has 0 saturated carbocycles. The van der Waals surface area contributed by atoms with Gasteiger partial charge in [-0.15, -0.1) is 5.56 Å². The van der Waals surface area contributed by atoms with Crippen molar-refractivity contribution in [3.8, 4) is 11.1 Å². The predicted molar refractivity (Wildman–Crippen MR) is 101 cm³/mol. The van der Waals surface area contributed by atoms with Crippen LogP contribution in [0.25, 0.3) is 11.1 Å². The van der Waals surface area contributed by atoms with Crippen molar-refractivity contribution in [1.82, 2.24) is 0 Å². The molecule has 0 heterocycles. The first-order chi connectivity index (χ1) is 11.9. The standard InChI is InChI=1S/C13H9.C9H13.CH2.2ClH.Zr/c1-3-7-12-10(5-1)9-11-6-2-4-8-13(11)12;1-2-3-6-9-7-4-5-8-9;;;;/h1-5,7-8H,9H2;4-5,7-8H,2-3,6H2,1H3;1H2;2*1H;/q2*-1;;;;+2/p-2. The van der Waals surface area contributed by atoms with E-state index in [0.717, 1.165) is 6.42 Å². The molecular formula is C23H24Cl2Zr-2. The average molecular weight is 463 g/mol. The molecule has 0 atom stereocenters. The van der Waals surface area contributed by atoms with Gasteiger partial charge in [0.15, 0.2) is 0 Å². The maximum absolute atomic E-state index is 3.34. The van der Waals surface area contributed by atoms with Gasteiger partial charge in [0.2, 0.25) is 0 Å². The number of fused-ring (bicyclic) bond motifs is 3. The monoisotopic (exact) mass is 460 g/mol. The van der Waals surface area contributed by atoms with E-state index in [1.807, 2.05) is 6.07 Å². The summed E-state index contributed by atoms with van der Waals surface area (Å²) in [5, 5.41) is 0. The van der Waals surface area contributed by atoms with Crippen molar-refractivity contribution in [1.29, 1.82) is 0 Å². The fraction of sp³-hybridized carbons (Fsp3) is 0.217. The Hall–Kier alpha value is -0.877. The molecule has 0 radical (unpaired) electrons. The van der Waals surface area contributed by atoms with Crippen LogP contribution in [0.3, 0.4) is 0 Å². The Balaban J connectivity index is 0.000000431. The Morgan fingerprint density at radius 2 is 1.77 bits per heavy atom. The van der Waals surface area contributed by atoms with Crippen molar-refractivity contribution in [2.45, 2.75) is 32.6 Å². The van der Waals surface area contributed by atoms with Crippen molar-refractivity contribution in [3.05, 3.63) is 89.5 Å². The second-order valence-corrected chi connectivity index (χ2v) is 5.79. The van der Waals surface area contributed by atoms with Crippen LogP contribution >= 0.6 is 0 Å². The number of rotatable bonds is 3. The molecule has 0 N–H and O–H groups in total. The predicted octanol–water partition coefficient (Wildman–Crippen LogP) is -0.221. The first kappa shape index (κ1) is 25.1. The van der Waals surface area contributed by atoms with Gasteiger partial charge in [-0.1, -0.05) is 61.6 Å². The second-order valence-electron chi connectivity index (χ2n) is 5.79. The van der Waals surface area contributed by atoms with E-state index in [1.54, 1.807) is 0 Å². The van der Waals surface area contributed by atoms with E-state index in [1.165, 1.54) is 71.3 Å². The third-order valence-electron chi connectivity index (χ3n) is 4.17. The van der Waals surface area contributed by atoms with E-state index >= 15 is 0 Å². The first-order valence-corrected chi connectivity index (χ1v) is 10.3. The Morgan fingerprint density at radius 3 is 2.46 bits per heavy atom. The number of aryl methyl sites for hydroxylation is 1. The Kier molecular flexibility index (Phi) is 13.7. The zero-order valence-corrected chi connectivity index (χ0v) is 19.1. The van der Waals surface area contributed by atoms with Gasteiger partial charge in [0.05, 0.1) is 0 Å². The quantitative estimate of drug-likeness (QED) is 0.370. The SMILES string of the molecule is CCCCc1cc[cH-]c1.[CH2]=[Zr+2].[Cl-].[Cl-].[c-]1cccc2c1Cc1ccccc1-2. The summed E-state index contributed by atoms with van der Waals surface area (Å²) in [7, 11) is 0. The Labute approximate surface area is 185 Å². The summed E-state index contributed by atoms with van der Waals surface area (Å²) in [5.74, 6) is 0. The molecular weight excluding hydrogens is 438 g/mol. The molecule has 0 nitrogen and oxygen atoms in total. The minimum absolute atomic E-state index is 0. The molecule has 0 amide bonds. The molecule has 3 heteroatoms. The number of hydrogen-bond donors (Lipinski definition) is 0. The summed E-state index contributed by atoms with van der Waals surface area (Å²) < 4.78 is 3.34. The molecule has 4 rings (SSSR count). The minimum atomic E-state index is 0. The summed E-state index contributed by atoms with van der Waals surface area (Å²) in [6.07, 6.45) is 4.92. The van der Waals surface area contributed by atoms with Crippen molar-refractivity contribution in [3.63, 3.8) is 0 Å². The molecule has 0 bridgehead atoms. The van der Waals surface area contributed by atoms with Gasteiger partial charge in [-0.25, -0.2) is 6.07 Å². The Morgan fingerprint density at radius 1 is 1.04 bits per heavy atom. The number of unbranched alkanes of at least 4 members (excludes halogenated alkanes) is 1. The van der Waals surface area contributed by atoms with Gasteiger partial charge in [-0.05, 0) is 6.42 Å². The summed E-state index contributed by atoms with van der Waals surface area (Å²) in [5.41, 5.74) is 6.99. The van der Waals surface area contributed by atoms with Gasteiger partial charge >= 0.3 is 28.4 Å². The molecule has 136 valence electrons. The van der Waals surface area contributed by atoms with Crippen LogP contribution in [0.1, 0.15) is 36.5 Å². The van der Waals surface area contributed by atoms with Gasteiger partial charge in [0.25, 0.3) is 0 Å². The van der Waals surface area contributed by atoms with E-state index in [9.17, 15) is 0 Å². The molecule has 0 aromatic heterocycles. The van der Waals surface area contributed by atoms with Crippen LogP contribution in [0.4, 0.5) is 0 Å². The van der Waals surface area contributed by atoms with Gasteiger partial charge in [-0.2, -0.15) is 53.6 Å². The molecule has 0 unspecified atom stereocenters. The fourth-order valence-corrected chi connectivity index (χ4v) is 2.96. The zero-order chi connectivity index (χ0) is 17.2. The van der Waals surface area contributed by atoms with Crippen LogP contribution in [-0.2, 0) is 37.1 Å². The van der Waals surface area contributed by atoms with E-state index in [4.69, 9.17) is 0 Å². The maximum atomic E-state index is 3.34. The topological polar surface area (TPSA) is 0 Å². The van der Waals surface area contributed by atoms with Crippen molar-refractivity contribution < 1.29 is 49.0 Å². The molecule has 0 aliphatic heterocycles. The molecule has 26 heavy (non-hydrogen) atoms. The number of benzene rings is 2. The summed E-state index contributed by atoms with van der Waals surface area (Å²) in [6, 6.07) is 26.7. The van der Waals surface area contributed by atoms with E-state index in [-0.39, 0.29) is 24.8 Å². The third-order valence-corrected chi connectivity index (χ3v) is 4.17. The van der Waals surface area contributed by atoms with Gasteiger partial charge in [-0.3, -0.25) is 0 Å². The largest absolute Gasteiger partial charge is 1.00 e. The maximum Gasteiger partial charge on any atom is -0.0253 e. The normalized spacial score (nSPS) is 9.81. The van der Waals surface area contributed by atoms with Gasteiger partial charge < -0.3 is 24.8 Å². The van der Waals surface area contributed by atoms with Crippen molar-refractivity contribution in [2.75, 3.05) is 0 Å². The zero-order valence-electron chi connectivity index (χ0n) is 15.1. The van der Waals surface area contributed by atoms with Crippen LogP contribution in [-0.4, -0.2) is 4.21 Å². The molecule has 3 aromatic carbocycles. The van der Waals surface area contributed by atoms with Crippen molar-refractivity contribution >= 4 is 4.21 Å². The van der Waals surface area contributed by atoms with Crippen LogP contribution in [0.5, 0.6) is 0 Å². The van der Waals surface area contributed by atoms with Gasteiger partial charge in [0, 0.05) is 0 Å². The average Bonchev–Trinajstić information content (AvgIpc) is 3.29. The third kappa shape index (κ3) is 7.03. The second kappa shape index (κ2) is 14.2. The molecule has 3 aromatic rings. The number of hydrogen-bond acceptors (Lipinski definition) is 0. The van der Waals surface area contributed by atoms with Crippen LogP contribution < -0.4 is 24.8 Å². The van der Waals surface area contributed by atoms with Crippen LogP contribution in [0, 0.1) is 6.07 Å². The Bertz CT molecular complexity index is 692. The van der Waals surface area contributed by atoms with Gasteiger partial charge in [0.1, 0.15) is 0 Å². The number of halogens is 2. The van der Waals surface area contributed by atoms with E-state index < -0.39 is 0 Å². The molecule has 1 aliphatic rings. The smallest absolute Gasteiger partial charge is 0.0253 e. The summed E-state index contributed by atoms with van der Waals surface area (Å²) in [4.78, 5) is 0. The molecule has 0 fully saturated rings. The fourth-order valence-electron chi connectivity index (χ4n) is 2.96. The summed E-state index contributed by atoms with van der Waals surface area (Å²) >= 11 is 1.30. The molecule has 0 spiro atoms. The van der Waals surface area contributed by atoms with Crippen LogP contribution in [0.15, 0.2) is 66.7 Å². The minimum Gasteiger partial charge on any atom is -1.00 e. The summed E-state index contributed by atoms with van der Waals surface area (Å²) in [6.45, 7) is 2.23. The first-order valence-electron chi connectivity index (χ1n) is 8.52. The molecule has 1 aliphatic carbocycles. The molecule has 0 saturated heterocycles. The van der Waals surface area contributed by atoms with E-state index in [2.05, 4.69) is 77.9 Å². The van der Waals surface area contributed by atoms with Crippen LogP contribution in [0.2, 0.25) is 0 Å².